The first-order valence-electron chi connectivity index (χ1n) is 7.76. The van der Waals surface area contributed by atoms with Crippen molar-refractivity contribution in [3.05, 3.63) is 41.9 Å². The number of hydrogen-bond donors (Lipinski definition) is 2. The summed E-state index contributed by atoms with van der Waals surface area (Å²) >= 11 is 0. The average molecular weight is 314 g/mol. The minimum absolute atomic E-state index is 0.290. The first-order chi connectivity index (χ1) is 11.1. The molecule has 0 saturated heterocycles. The summed E-state index contributed by atoms with van der Waals surface area (Å²) in [7, 11) is 0. The van der Waals surface area contributed by atoms with E-state index in [-0.39, 0.29) is 5.91 Å². The van der Waals surface area contributed by atoms with Gasteiger partial charge in [-0.15, -0.1) is 0 Å². The van der Waals surface area contributed by atoms with Gasteiger partial charge in [0.1, 0.15) is 23.1 Å². The summed E-state index contributed by atoms with van der Waals surface area (Å²) in [6, 6.07) is 8.98. The third-order valence-corrected chi connectivity index (χ3v) is 3.06. The fourth-order valence-corrected chi connectivity index (χ4v) is 2.07. The number of aryl methyl sites for hydroxylation is 1. The summed E-state index contributed by atoms with van der Waals surface area (Å²) in [5.74, 6) is 1.55. The molecule has 1 amide bonds. The summed E-state index contributed by atoms with van der Waals surface area (Å²) in [5, 5.41) is 6.01. The smallest absolute Gasteiger partial charge is 0.274 e. The van der Waals surface area contributed by atoms with E-state index in [9.17, 15) is 4.79 Å². The summed E-state index contributed by atoms with van der Waals surface area (Å²) in [4.78, 5) is 21.0. The molecule has 2 aromatic rings. The molecule has 0 aliphatic carbocycles. The van der Waals surface area contributed by atoms with E-state index in [1.54, 1.807) is 19.1 Å². The largest absolute Gasteiger partial charge is 0.492 e. The highest BCUT2D eigenvalue weighted by molar-refractivity contribution is 6.04. The Labute approximate surface area is 136 Å². The molecule has 1 aromatic carbocycles. The van der Waals surface area contributed by atoms with E-state index < -0.39 is 0 Å². The van der Waals surface area contributed by atoms with Gasteiger partial charge in [-0.05, 0) is 32.4 Å². The highest BCUT2D eigenvalue weighted by Crippen LogP contribution is 2.24. The minimum Gasteiger partial charge on any atom is -0.492 e. The quantitative estimate of drug-likeness (QED) is 0.820. The zero-order chi connectivity index (χ0) is 16.7. The van der Waals surface area contributed by atoms with Crippen LogP contribution in [0.15, 0.2) is 30.3 Å². The van der Waals surface area contributed by atoms with Crippen LogP contribution in [-0.2, 0) is 0 Å². The minimum atomic E-state index is -0.290. The number of nitrogens with zero attached hydrogens (tertiary/aromatic N) is 2. The molecule has 1 heterocycles. The van der Waals surface area contributed by atoms with Crippen molar-refractivity contribution in [2.75, 3.05) is 23.8 Å². The Hall–Kier alpha value is -2.63. The molecule has 0 saturated carbocycles. The van der Waals surface area contributed by atoms with Crippen LogP contribution in [0.2, 0.25) is 0 Å². The van der Waals surface area contributed by atoms with Crippen LogP contribution in [-0.4, -0.2) is 29.0 Å². The lowest BCUT2D eigenvalue weighted by molar-refractivity contribution is 0.102. The molecule has 0 atom stereocenters. The summed E-state index contributed by atoms with van der Waals surface area (Å²) in [6.45, 7) is 7.06. The number of para-hydroxylation sites is 2. The van der Waals surface area contributed by atoms with Crippen LogP contribution in [0.4, 0.5) is 11.5 Å². The molecule has 0 aliphatic rings. The number of anilines is 2. The fraction of sp³-hybridized carbons (Fsp3) is 0.353. The number of rotatable bonds is 7. The predicted molar refractivity (Wildman–Crippen MR) is 91.1 cm³/mol. The molecule has 0 radical (unpaired) electrons. The lowest BCUT2D eigenvalue weighted by Gasteiger charge is -2.12. The maximum absolute atomic E-state index is 12.5. The summed E-state index contributed by atoms with van der Waals surface area (Å²) < 4.78 is 5.51. The van der Waals surface area contributed by atoms with E-state index in [0.717, 1.165) is 13.0 Å². The molecule has 0 aliphatic heterocycles. The molecule has 122 valence electrons. The third-order valence-electron chi connectivity index (χ3n) is 3.06. The van der Waals surface area contributed by atoms with E-state index >= 15 is 0 Å². The molecule has 6 nitrogen and oxygen atoms in total. The van der Waals surface area contributed by atoms with Crippen molar-refractivity contribution in [1.29, 1.82) is 0 Å². The SMILES string of the molecule is CCCNc1cc(C(=O)Nc2ccccc2OCC)nc(C)n1. The average Bonchev–Trinajstić information content (AvgIpc) is 2.54. The Balaban J connectivity index is 2.19. The van der Waals surface area contributed by atoms with Gasteiger partial charge in [0.2, 0.25) is 0 Å². The fourth-order valence-electron chi connectivity index (χ4n) is 2.07. The van der Waals surface area contributed by atoms with Crippen LogP contribution in [0.3, 0.4) is 0 Å². The van der Waals surface area contributed by atoms with E-state index in [1.165, 1.54) is 0 Å². The van der Waals surface area contributed by atoms with Crippen LogP contribution < -0.4 is 15.4 Å². The number of benzene rings is 1. The second kappa shape index (κ2) is 8.12. The van der Waals surface area contributed by atoms with Crippen molar-refractivity contribution in [3.8, 4) is 5.75 Å². The Kier molecular flexibility index (Phi) is 5.91. The molecule has 0 unspecified atom stereocenters. The third kappa shape index (κ3) is 4.67. The number of nitrogens with one attached hydrogen (secondary N) is 2. The number of ether oxygens (including phenoxy) is 1. The van der Waals surface area contributed by atoms with Crippen molar-refractivity contribution in [1.82, 2.24) is 9.97 Å². The molecule has 2 N–H and O–H groups in total. The first-order valence-corrected chi connectivity index (χ1v) is 7.76. The molecule has 1 aromatic heterocycles. The van der Waals surface area contributed by atoms with Gasteiger partial charge in [0.15, 0.2) is 0 Å². The Morgan fingerprint density at radius 3 is 2.74 bits per heavy atom. The standard InChI is InChI=1S/C17H22N4O2/c1-4-10-18-16-11-14(19-12(3)20-16)17(22)21-13-8-6-7-9-15(13)23-5-2/h6-9,11H,4-5,10H2,1-3H3,(H,21,22)(H,18,19,20). The number of aromatic nitrogens is 2. The molecular formula is C17H22N4O2. The van der Waals surface area contributed by atoms with Crippen molar-refractivity contribution in [2.24, 2.45) is 0 Å². The van der Waals surface area contributed by atoms with Gasteiger partial charge in [0, 0.05) is 12.6 Å². The maximum Gasteiger partial charge on any atom is 0.274 e. The van der Waals surface area contributed by atoms with E-state index in [0.29, 0.717) is 35.4 Å². The zero-order valence-electron chi connectivity index (χ0n) is 13.7. The van der Waals surface area contributed by atoms with Crippen LogP contribution in [0, 0.1) is 6.92 Å². The highest BCUT2D eigenvalue weighted by Gasteiger charge is 2.13. The Morgan fingerprint density at radius 2 is 2.00 bits per heavy atom. The van der Waals surface area contributed by atoms with Gasteiger partial charge in [0.05, 0.1) is 12.3 Å². The predicted octanol–water partition coefficient (Wildman–Crippen LogP) is 3.26. The van der Waals surface area contributed by atoms with Crippen molar-refractivity contribution in [3.63, 3.8) is 0 Å². The van der Waals surface area contributed by atoms with E-state index in [2.05, 4.69) is 27.5 Å². The van der Waals surface area contributed by atoms with Crippen LogP contribution >= 0.6 is 0 Å². The number of carbonyl (C=O) groups is 1. The van der Waals surface area contributed by atoms with Crippen molar-refractivity contribution in [2.45, 2.75) is 27.2 Å². The Bertz CT molecular complexity index is 673. The highest BCUT2D eigenvalue weighted by atomic mass is 16.5. The molecule has 0 fully saturated rings. The lowest BCUT2D eigenvalue weighted by atomic mass is 10.2. The maximum atomic E-state index is 12.5. The van der Waals surface area contributed by atoms with Crippen LogP contribution in [0.1, 0.15) is 36.6 Å². The topological polar surface area (TPSA) is 76.1 Å². The molecule has 23 heavy (non-hydrogen) atoms. The molecule has 2 rings (SSSR count). The van der Waals surface area contributed by atoms with E-state index in [1.807, 2.05) is 25.1 Å². The molecule has 0 spiro atoms. The lowest BCUT2D eigenvalue weighted by Crippen LogP contribution is -2.16. The second-order valence-corrected chi connectivity index (χ2v) is 5.00. The van der Waals surface area contributed by atoms with Crippen molar-refractivity contribution < 1.29 is 9.53 Å². The molecular weight excluding hydrogens is 292 g/mol. The second-order valence-electron chi connectivity index (χ2n) is 5.00. The zero-order valence-corrected chi connectivity index (χ0v) is 13.7. The summed E-state index contributed by atoms with van der Waals surface area (Å²) in [5.41, 5.74) is 0.945. The van der Waals surface area contributed by atoms with Crippen LogP contribution in [0.5, 0.6) is 5.75 Å². The van der Waals surface area contributed by atoms with Gasteiger partial charge in [-0.25, -0.2) is 9.97 Å². The van der Waals surface area contributed by atoms with Gasteiger partial charge in [-0.2, -0.15) is 0 Å². The Morgan fingerprint density at radius 1 is 1.22 bits per heavy atom. The number of amides is 1. The number of carbonyl (C=O) groups excluding carboxylic acids is 1. The monoisotopic (exact) mass is 314 g/mol. The molecule has 0 bridgehead atoms. The molecule has 6 heteroatoms. The van der Waals surface area contributed by atoms with Crippen LogP contribution in [0.25, 0.3) is 0 Å². The van der Waals surface area contributed by atoms with E-state index in [4.69, 9.17) is 4.74 Å². The number of hydrogen-bond acceptors (Lipinski definition) is 5. The van der Waals surface area contributed by atoms with Gasteiger partial charge in [-0.3, -0.25) is 4.79 Å². The van der Waals surface area contributed by atoms with Crippen molar-refractivity contribution >= 4 is 17.4 Å². The summed E-state index contributed by atoms with van der Waals surface area (Å²) in [6.07, 6.45) is 0.978. The van der Waals surface area contributed by atoms with Gasteiger partial charge < -0.3 is 15.4 Å². The first kappa shape index (κ1) is 16.7. The normalized spacial score (nSPS) is 10.2. The van der Waals surface area contributed by atoms with Gasteiger partial charge >= 0.3 is 0 Å². The van der Waals surface area contributed by atoms with Gasteiger partial charge in [0.25, 0.3) is 5.91 Å². The van der Waals surface area contributed by atoms with Gasteiger partial charge in [-0.1, -0.05) is 19.1 Å².